The maximum atomic E-state index is 4.77. The Morgan fingerprint density at radius 1 is 0.660 bits per heavy atom. The van der Waals surface area contributed by atoms with Gasteiger partial charge in [0.1, 0.15) is 0 Å². The maximum absolute atomic E-state index is 4.77. The molecular weight excluding hydrogens is 632 g/mol. The van der Waals surface area contributed by atoms with Gasteiger partial charge in [-0.15, -0.1) is 0 Å². The molecule has 1 N–H and O–H groups in total. The molecule has 1 spiro atoms. The van der Waals surface area contributed by atoms with Gasteiger partial charge in [0, 0.05) is 0 Å². The quantitative estimate of drug-likeness (QED) is 0.221. The van der Waals surface area contributed by atoms with Gasteiger partial charge in [-0.05, 0) is 0 Å². The van der Waals surface area contributed by atoms with Gasteiger partial charge in [0.15, 0.2) is 0 Å². The van der Waals surface area contributed by atoms with Crippen LogP contribution in [0.1, 0.15) is 22.3 Å². The summed E-state index contributed by atoms with van der Waals surface area (Å²) in [4.78, 5) is 4.77. The van der Waals surface area contributed by atoms with Crippen LogP contribution in [-0.2, 0) is 5.41 Å². The average Bonchev–Trinajstić information content (AvgIpc) is 4.12. The van der Waals surface area contributed by atoms with Gasteiger partial charge >= 0.3 is 297 Å². The van der Waals surface area contributed by atoms with Crippen LogP contribution in [0.2, 0.25) is 0 Å². The first-order chi connectivity index (χ1) is 24.7. The van der Waals surface area contributed by atoms with Crippen molar-refractivity contribution >= 4 is 115 Å². The molecule has 0 saturated carbocycles. The van der Waals surface area contributed by atoms with Gasteiger partial charge < -0.3 is 0 Å². The fraction of sp³-hybridized carbons (Fsp3) is 0.0270. The summed E-state index contributed by atoms with van der Waals surface area (Å²) in [6, 6.07) is 53.8. The molecule has 50 heavy (non-hydrogen) atoms. The van der Waals surface area contributed by atoms with Crippen LogP contribution in [0.15, 0.2) is 140 Å². The zero-order valence-corrected chi connectivity index (χ0v) is 29.1. The second kappa shape index (κ2) is 7.52. The molecule has 13 heteroatoms. The molecule has 221 valence electrons. The summed E-state index contributed by atoms with van der Waals surface area (Å²) in [7, 11) is 2.73. The zero-order valence-electron chi connectivity index (χ0n) is 27.3. The standard InChI is InChI=1S/C37H24B9N2P2/c1-3-12-24(13-4-1)37(25-14-5-2-6-15-25)27-17-8-9-19-29(27)41-30-22-23-33(49(42-38-43(49)46(42)49)47-50-39-44(50)45(50)40-50)34-26-16-7-10-20-31(26)48(36(30)34)32-21-11-18-28(37)35(32)41/h1-23,47H/q-2. The molecule has 7 aromatic rings. The molecule has 7 fully saturated rings. The SMILES string of the molecule is [B]1B2B3[B-]P123NP12(c3ccc4c5c3c3ccccc3n5-c3cccc5c3B4c3ccccc3C5(c3ccccc3)c3ccccc3)B3[B-]B1B32. The molecule has 7 saturated heterocycles. The molecule has 0 atom stereocenters. The molecule has 9 aliphatic rings. The van der Waals surface area contributed by atoms with Crippen molar-refractivity contribution in [3.63, 3.8) is 0 Å². The van der Waals surface area contributed by atoms with Gasteiger partial charge in [0.2, 0.25) is 0 Å². The van der Waals surface area contributed by atoms with Crippen molar-refractivity contribution in [2.75, 3.05) is 0 Å². The van der Waals surface area contributed by atoms with Crippen molar-refractivity contribution < 1.29 is 0 Å². The Morgan fingerprint density at radius 2 is 1.34 bits per heavy atom. The molecule has 16 rings (SSSR count). The summed E-state index contributed by atoms with van der Waals surface area (Å²) < 4.78 is 2.70. The van der Waals surface area contributed by atoms with Crippen molar-refractivity contribution in [3.8, 4) is 5.69 Å². The summed E-state index contributed by atoms with van der Waals surface area (Å²) in [5, 5.41) is 4.74. The summed E-state index contributed by atoms with van der Waals surface area (Å²) >= 11 is 0. The van der Waals surface area contributed by atoms with Crippen LogP contribution in [0, 0.1) is 0 Å². The van der Waals surface area contributed by atoms with E-state index in [-0.39, 0.29) is 6.71 Å². The Morgan fingerprint density at radius 3 is 2.02 bits per heavy atom. The molecular formula is C37H24B9N2P2-2. The van der Waals surface area contributed by atoms with Crippen molar-refractivity contribution in [2.24, 2.45) is 0 Å². The van der Waals surface area contributed by atoms with Crippen LogP contribution in [0.5, 0.6) is 0 Å². The van der Waals surface area contributed by atoms with E-state index in [0.717, 1.165) is 31.1 Å². The summed E-state index contributed by atoms with van der Waals surface area (Å²) in [5.41, 5.74) is 13.6. The van der Waals surface area contributed by atoms with E-state index in [1.54, 1.807) is 10.7 Å². The van der Waals surface area contributed by atoms with E-state index in [1.165, 1.54) is 60.7 Å². The van der Waals surface area contributed by atoms with E-state index in [0.29, 0.717) is 0 Å². The molecule has 9 aliphatic heterocycles. The minimum atomic E-state index is -2.15. The normalized spacial score (nSPS) is 24.5. The number of hydrogen-bond acceptors (Lipinski definition) is 1. The van der Waals surface area contributed by atoms with Gasteiger partial charge in [0.05, 0.1) is 0 Å². The number of aromatic nitrogens is 1. The minimum absolute atomic E-state index is 0.167. The monoisotopic (exact) mass is 657 g/mol. The molecule has 2 bridgehead atoms. The Hall–Kier alpha value is -3.48. The summed E-state index contributed by atoms with van der Waals surface area (Å²) in [6.45, 7) is 5.71. The number of nitrogens with one attached hydrogen (secondary N) is 1. The van der Waals surface area contributed by atoms with Gasteiger partial charge in [-0.2, -0.15) is 0 Å². The Labute approximate surface area is 295 Å². The third-order valence-corrected chi connectivity index (χ3v) is 29.9. The molecule has 1 aromatic heterocycles. The van der Waals surface area contributed by atoms with E-state index >= 15 is 0 Å². The third-order valence-electron chi connectivity index (χ3n) is 15.5. The molecule has 0 amide bonds. The molecule has 0 aliphatic carbocycles. The molecule has 5 radical (unpaired) electrons. The van der Waals surface area contributed by atoms with Crippen LogP contribution >= 0.6 is 12.7 Å². The average molecular weight is 656 g/mol. The van der Waals surface area contributed by atoms with Crippen LogP contribution in [-0.4, -0.2) is 63.2 Å². The first-order valence-electron chi connectivity index (χ1n) is 18.5. The predicted molar refractivity (Wildman–Crippen MR) is 226 cm³/mol. The van der Waals surface area contributed by atoms with E-state index in [4.69, 9.17) is 4.86 Å². The summed E-state index contributed by atoms with van der Waals surface area (Å²) in [5.74, 6) is 0. The predicted octanol–water partition coefficient (Wildman–Crippen LogP) is 3.66. The van der Waals surface area contributed by atoms with Gasteiger partial charge in [-0.1, -0.05) is 0 Å². The number of hydrogen-bond donors (Lipinski definition) is 1. The van der Waals surface area contributed by atoms with Crippen molar-refractivity contribution in [1.29, 1.82) is 0 Å². The van der Waals surface area contributed by atoms with Crippen LogP contribution in [0.4, 0.5) is 0 Å². The van der Waals surface area contributed by atoms with E-state index in [9.17, 15) is 0 Å². The summed E-state index contributed by atoms with van der Waals surface area (Å²) in [6.07, 6.45) is 0.649. The topological polar surface area (TPSA) is 17.0 Å². The third kappa shape index (κ3) is 2.30. The Kier molecular flexibility index (Phi) is 3.96. The first-order valence-corrected chi connectivity index (χ1v) is 23.4. The number of para-hydroxylation sites is 1. The fourth-order valence-electron chi connectivity index (χ4n) is 13.0. The Balaban J connectivity index is 1.09. The second-order valence-electron chi connectivity index (χ2n) is 16.8. The molecule has 6 aromatic carbocycles. The van der Waals surface area contributed by atoms with E-state index in [2.05, 4.69) is 165 Å². The van der Waals surface area contributed by atoms with Gasteiger partial charge in [-0.25, -0.2) is 0 Å². The second-order valence-corrected chi connectivity index (χ2v) is 27.1. The van der Waals surface area contributed by atoms with Gasteiger partial charge in [-0.3, -0.25) is 0 Å². The molecule has 0 unspecified atom stereocenters. The van der Waals surface area contributed by atoms with Crippen LogP contribution in [0.3, 0.4) is 0 Å². The number of rotatable bonds is 5. The van der Waals surface area contributed by atoms with Crippen LogP contribution in [0.25, 0.3) is 27.5 Å². The van der Waals surface area contributed by atoms with E-state index in [1.807, 2.05) is 0 Å². The van der Waals surface area contributed by atoms with Crippen LogP contribution < -0.4 is 26.6 Å². The van der Waals surface area contributed by atoms with E-state index < -0.39 is 18.1 Å². The number of fused-ring (bicyclic) bond motifs is 8. The number of nitrogens with zero attached hydrogens (tertiary/aromatic N) is 1. The first kappa shape index (κ1) is 26.3. The Bertz CT molecular complexity index is 2770. The molecule has 10 heterocycles. The van der Waals surface area contributed by atoms with Crippen molar-refractivity contribution in [3.05, 3.63) is 162 Å². The zero-order chi connectivity index (χ0) is 32.0. The van der Waals surface area contributed by atoms with Crippen molar-refractivity contribution in [2.45, 2.75) is 5.41 Å². The fourth-order valence-corrected chi connectivity index (χ4v) is 32.4. The number of benzene rings is 6. The molecule has 2 nitrogen and oxygen atoms in total. The van der Waals surface area contributed by atoms with Crippen molar-refractivity contribution in [1.82, 2.24) is 9.42 Å². The van der Waals surface area contributed by atoms with Gasteiger partial charge in [0.25, 0.3) is 0 Å².